The van der Waals surface area contributed by atoms with Crippen molar-refractivity contribution in [3.63, 3.8) is 0 Å². The van der Waals surface area contributed by atoms with E-state index in [2.05, 4.69) is 0 Å². The Hall–Kier alpha value is -2.79. The van der Waals surface area contributed by atoms with E-state index in [0.29, 0.717) is 19.2 Å². The number of piperazine rings is 1. The van der Waals surface area contributed by atoms with Crippen LogP contribution in [0.5, 0.6) is 0 Å². The number of hydrogen-bond acceptors (Lipinski definition) is 7. The van der Waals surface area contributed by atoms with E-state index < -0.39 is 60.2 Å². The van der Waals surface area contributed by atoms with Gasteiger partial charge in [-0.1, -0.05) is 6.07 Å². The molecule has 226 valence electrons. The number of alkyl halides is 3. The number of carbonyl (C=O) groups excluding carboxylic acids is 1. The molecule has 4 rings (SSSR count). The summed E-state index contributed by atoms with van der Waals surface area (Å²) in [5, 5.41) is 12.5. The summed E-state index contributed by atoms with van der Waals surface area (Å²) in [6.07, 6.45) is -4.37. The number of halogens is 4. The second-order valence-electron chi connectivity index (χ2n) is 9.96. The molecule has 2 atom stereocenters. The monoisotopic (exact) mass is 621 g/mol. The van der Waals surface area contributed by atoms with Gasteiger partial charge in [-0.05, 0) is 61.2 Å². The first-order valence-corrected chi connectivity index (χ1v) is 15.8. The van der Waals surface area contributed by atoms with Crippen molar-refractivity contribution in [2.24, 2.45) is 5.92 Å². The van der Waals surface area contributed by atoms with Crippen LogP contribution in [-0.2, 0) is 31.0 Å². The first-order chi connectivity index (χ1) is 19.2. The van der Waals surface area contributed by atoms with Gasteiger partial charge in [0.25, 0.3) is 0 Å². The van der Waals surface area contributed by atoms with Crippen molar-refractivity contribution in [3.8, 4) is 0 Å². The van der Waals surface area contributed by atoms with Crippen molar-refractivity contribution in [3.05, 3.63) is 65.1 Å². The van der Waals surface area contributed by atoms with E-state index in [0.717, 1.165) is 28.2 Å². The maximum atomic E-state index is 13.3. The van der Waals surface area contributed by atoms with Gasteiger partial charge in [0.15, 0.2) is 6.41 Å². The Kier molecular flexibility index (Phi) is 9.28. The van der Waals surface area contributed by atoms with E-state index in [1.165, 1.54) is 16.4 Å². The number of nitrogens with zero attached hydrogens (tertiary/aromatic N) is 4. The number of anilines is 1. The molecule has 0 aromatic heterocycles. The van der Waals surface area contributed by atoms with E-state index in [9.17, 15) is 44.4 Å². The van der Waals surface area contributed by atoms with Crippen LogP contribution in [0.3, 0.4) is 0 Å². The van der Waals surface area contributed by atoms with Crippen LogP contribution in [0.4, 0.5) is 23.2 Å². The average Bonchev–Trinajstić information content (AvgIpc) is 2.95. The van der Waals surface area contributed by atoms with Crippen molar-refractivity contribution < 1.29 is 39.2 Å². The van der Waals surface area contributed by atoms with E-state index in [4.69, 9.17) is 0 Å². The number of carbonyl (C=O) groups is 1. The summed E-state index contributed by atoms with van der Waals surface area (Å²) in [6, 6.07) is 7.63. The quantitative estimate of drug-likeness (QED) is 0.240. The second kappa shape index (κ2) is 12.2. The average molecular weight is 622 g/mol. The summed E-state index contributed by atoms with van der Waals surface area (Å²) >= 11 is 0. The van der Waals surface area contributed by atoms with Crippen molar-refractivity contribution in [1.82, 2.24) is 13.7 Å². The highest BCUT2D eigenvalue weighted by Gasteiger charge is 2.39. The largest absolute Gasteiger partial charge is 0.756 e. The van der Waals surface area contributed by atoms with Gasteiger partial charge in [0.05, 0.1) is 16.2 Å². The zero-order valence-corrected chi connectivity index (χ0v) is 23.4. The third kappa shape index (κ3) is 7.17. The molecule has 0 aliphatic carbocycles. The summed E-state index contributed by atoms with van der Waals surface area (Å²) in [6.45, 7) is 0.372. The van der Waals surface area contributed by atoms with Crippen LogP contribution in [0.1, 0.15) is 18.4 Å². The molecule has 2 saturated heterocycles. The molecule has 2 aliphatic heterocycles. The van der Waals surface area contributed by atoms with Crippen LogP contribution in [0.15, 0.2) is 53.4 Å². The minimum Gasteiger partial charge on any atom is -0.756 e. The summed E-state index contributed by atoms with van der Waals surface area (Å²) < 4.78 is 108. The molecular weight excluding hydrogens is 592 g/mol. The standard InChI is InChI=1S/C25H29F4N4O6S2/c26-21-6-8-22(9-7-21)30-11-13-31(14-12-30)40(36,37)17-24(33(35)18-34)19-3-2-10-32(16-19)41(38,39)23-5-1-4-20(15-23)25(27,28)29/h1,4-9,15,18-19,24H,2-3,10-14,16-17H2/q-1. The smallest absolute Gasteiger partial charge is 0.416 e. The molecule has 0 spiro atoms. The Morgan fingerprint density at radius 1 is 0.976 bits per heavy atom. The molecule has 0 N–H and O–H groups in total. The summed E-state index contributed by atoms with van der Waals surface area (Å²) in [5.41, 5.74) is -0.417. The van der Waals surface area contributed by atoms with Crippen molar-refractivity contribution >= 4 is 32.1 Å². The number of hydroxylamine groups is 2. The maximum absolute atomic E-state index is 13.3. The normalized spacial score (nSPS) is 20.5. The molecule has 2 aromatic rings. The molecule has 1 amide bonds. The van der Waals surface area contributed by atoms with Crippen LogP contribution in [0.2, 0.25) is 0 Å². The lowest BCUT2D eigenvalue weighted by Gasteiger charge is -2.43. The Balaban J connectivity index is 1.48. The zero-order valence-electron chi connectivity index (χ0n) is 21.8. The van der Waals surface area contributed by atoms with Gasteiger partial charge in [-0.15, -0.1) is 0 Å². The Bertz CT molecular complexity index is 1430. The van der Waals surface area contributed by atoms with Crippen LogP contribution < -0.4 is 4.90 Å². The van der Waals surface area contributed by atoms with Gasteiger partial charge in [-0.2, -0.15) is 21.8 Å². The lowest BCUT2D eigenvalue weighted by molar-refractivity contribution is -0.137. The fourth-order valence-corrected chi connectivity index (χ4v) is 8.54. The number of rotatable bonds is 9. The molecule has 0 radical (unpaired) electrons. The van der Waals surface area contributed by atoms with Gasteiger partial charge in [0.1, 0.15) is 5.82 Å². The minimum atomic E-state index is -4.76. The summed E-state index contributed by atoms with van der Waals surface area (Å²) in [4.78, 5) is 12.7. The lowest BCUT2D eigenvalue weighted by atomic mass is 9.92. The number of amides is 1. The van der Waals surface area contributed by atoms with E-state index in [1.807, 2.05) is 4.90 Å². The maximum Gasteiger partial charge on any atom is 0.416 e. The predicted molar refractivity (Wildman–Crippen MR) is 142 cm³/mol. The van der Waals surface area contributed by atoms with Crippen LogP contribution >= 0.6 is 0 Å². The molecule has 41 heavy (non-hydrogen) atoms. The fraction of sp³-hybridized carbons (Fsp3) is 0.480. The van der Waals surface area contributed by atoms with Gasteiger partial charge in [0.2, 0.25) is 20.0 Å². The third-order valence-corrected chi connectivity index (χ3v) is 11.2. The topological polar surface area (TPSA) is 121 Å². The van der Waals surface area contributed by atoms with Gasteiger partial charge < -0.3 is 15.2 Å². The molecule has 2 aromatic carbocycles. The second-order valence-corrected chi connectivity index (χ2v) is 13.9. The predicted octanol–water partition coefficient (Wildman–Crippen LogP) is 2.72. The van der Waals surface area contributed by atoms with E-state index >= 15 is 0 Å². The number of benzene rings is 2. The molecule has 10 nitrogen and oxygen atoms in total. The summed E-state index contributed by atoms with van der Waals surface area (Å²) in [7, 11) is -8.48. The minimum absolute atomic E-state index is 0.0304. The highest BCUT2D eigenvalue weighted by atomic mass is 32.2. The van der Waals surface area contributed by atoms with Crippen molar-refractivity contribution in [2.75, 3.05) is 49.9 Å². The Morgan fingerprint density at radius 3 is 2.24 bits per heavy atom. The molecule has 2 aliphatic rings. The molecule has 2 heterocycles. The highest BCUT2D eigenvalue weighted by molar-refractivity contribution is 7.89. The number of piperidine rings is 1. The molecule has 2 fully saturated rings. The SMILES string of the molecule is O=CN([O-])C(CS(=O)(=O)N1CCN(c2ccc(F)cc2)CC1)C1CCCN(S(=O)(=O)c2cccc(C(F)(F)F)c2)C1. The Morgan fingerprint density at radius 2 is 1.63 bits per heavy atom. The van der Waals surface area contributed by atoms with Crippen molar-refractivity contribution in [2.45, 2.75) is 30.0 Å². The molecule has 0 saturated carbocycles. The Labute approximate surface area is 235 Å². The van der Waals surface area contributed by atoms with Gasteiger partial charge in [-0.3, -0.25) is 4.79 Å². The zero-order chi connectivity index (χ0) is 30.0. The van der Waals surface area contributed by atoms with Gasteiger partial charge in [-0.25, -0.2) is 21.2 Å². The van der Waals surface area contributed by atoms with Crippen LogP contribution in [0.25, 0.3) is 0 Å². The van der Waals surface area contributed by atoms with Crippen LogP contribution in [0, 0.1) is 16.9 Å². The molecule has 16 heteroatoms. The van der Waals surface area contributed by atoms with Gasteiger partial charge >= 0.3 is 6.18 Å². The van der Waals surface area contributed by atoms with E-state index in [-0.39, 0.29) is 50.5 Å². The highest BCUT2D eigenvalue weighted by Crippen LogP contribution is 2.33. The van der Waals surface area contributed by atoms with Gasteiger partial charge in [0, 0.05) is 51.0 Å². The molecular formula is C25H29F4N4O6S2-. The first kappa shape index (κ1) is 31.2. The lowest BCUT2D eigenvalue weighted by Crippen LogP contribution is -2.54. The van der Waals surface area contributed by atoms with E-state index in [1.54, 1.807) is 12.1 Å². The molecule has 0 bridgehead atoms. The third-order valence-electron chi connectivity index (χ3n) is 7.40. The summed E-state index contributed by atoms with van der Waals surface area (Å²) in [5.74, 6) is -2.02. The number of hydrogen-bond donors (Lipinski definition) is 0. The van der Waals surface area contributed by atoms with Crippen molar-refractivity contribution in [1.29, 1.82) is 0 Å². The first-order valence-electron chi connectivity index (χ1n) is 12.8. The van der Waals surface area contributed by atoms with Crippen LogP contribution in [-0.4, -0.2) is 88.0 Å². The fourth-order valence-electron chi connectivity index (χ4n) is 5.18. The number of sulfonamides is 2. The molecule has 2 unspecified atom stereocenters.